The van der Waals surface area contributed by atoms with Gasteiger partial charge in [-0.2, -0.15) is 54.6 Å². The zero-order valence-corrected chi connectivity index (χ0v) is 86.4. The smallest absolute Gasteiger partial charge is 0.228 e. The number of nitrogens with one attached hydrogen (secondary N) is 12. The molecule has 44 nitrogen and oxygen atoms in total. The van der Waals surface area contributed by atoms with Crippen LogP contribution in [-0.4, -0.2) is 197 Å². The van der Waals surface area contributed by atoms with Gasteiger partial charge in [0, 0.05) is 150 Å². The second kappa shape index (κ2) is 46.7. The van der Waals surface area contributed by atoms with Crippen LogP contribution in [0.25, 0.3) is 66.7 Å². The molecule has 2 aliphatic heterocycles. The first-order valence-electron chi connectivity index (χ1n) is 51.7. The maximum atomic E-state index is 11.8. The molecule has 0 amide bonds. The van der Waals surface area contributed by atoms with Crippen LogP contribution in [0.1, 0.15) is 238 Å². The summed E-state index contributed by atoms with van der Waals surface area (Å²) < 4.78 is 11.0. The number of pyridine rings is 3. The number of piperidine rings is 1. The van der Waals surface area contributed by atoms with E-state index in [9.17, 15) is 10.3 Å². The third-order valence-corrected chi connectivity index (χ3v) is 27.5. The molecule has 4 saturated carbocycles. The predicted molar refractivity (Wildman–Crippen MR) is 584 cm³/mol. The van der Waals surface area contributed by atoms with E-state index in [0.29, 0.717) is 111 Å². The number of allylic oxidation sites excluding steroid dienone is 2. The van der Waals surface area contributed by atoms with Crippen LogP contribution >= 0.6 is 0 Å². The van der Waals surface area contributed by atoms with Gasteiger partial charge in [0.05, 0.1) is 73.9 Å². The number of aromatic amines is 1. The van der Waals surface area contributed by atoms with E-state index >= 15 is 0 Å². The summed E-state index contributed by atoms with van der Waals surface area (Å²) in [6.07, 6.45) is 45.3. The number of imidazole rings is 5. The van der Waals surface area contributed by atoms with E-state index in [1.54, 1.807) is 49.7 Å². The number of nitrogens with zero attached hydrogens (tertiary/aromatic N) is 24. The highest BCUT2D eigenvalue weighted by atomic mass is 16.5. The second-order valence-corrected chi connectivity index (χ2v) is 40.7. The highest BCUT2D eigenvalue weighted by molar-refractivity contribution is 5.93. The average Bonchev–Trinajstić information content (AvgIpc) is 1.66. The second-order valence-electron chi connectivity index (χ2n) is 40.7. The van der Waals surface area contributed by atoms with Crippen molar-refractivity contribution in [2.75, 3.05) is 78.6 Å². The number of β-amino-alcohol motifs (C(OH)–C–C–N with tert-alkyl or cyclic N) is 1. The van der Waals surface area contributed by atoms with E-state index in [1.165, 1.54) is 49.0 Å². The molecule has 147 heavy (non-hydrogen) atoms. The number of dihydropyridines is 1. The Morgan fingerprint density at radius 3 is 1.18 bits per heavy atom. The number of aryl methyl sites for hydroxylation is 3. The van der Waals surface area contributed by atoms with E-state index in [-0.39, 0.29) is 91.3 Å². The fourth-order valence-electron chi connectivity index (χ4n) is 19.7. The summed E-state index contributed by atoms with van der Waals surface area (Å²) in [7, 11) is 0. The number of nitrogens with two attached hydrogens (primary N) is 6. The van der Waals surface area contributed by atoms with Gasteiger partial charge in [0.25, 0.3) is 0 Å². The van der Waals surface area contributed by atoms with Crippen LogP contribution in [0, 0.1) is 26.0 Å². The monoisotopic (exact) mass is 2000 g/mol. The molecule has 1 aromatic carbocycles. The quantitative estimate of drug-likeness (QED) is 0.0168. The maximum absolute atomic E-state index is 11.8. The molecule has 15 aromatic rings. The highest BCUT2D eigenvalue weighted by Gasteiger charge is 2.32. The molecule has 4 aliphatic carbocycles. The third-order valence-electron chi connectivity index (χ3n) is 27.5. The van der Waals surface area contributed by atoms with Gasteiger partial charge in [-0.05, 0) is 214 Å². The molecule has 0 bridgehead atoms. The molecular formula is C103H144N42O2. The lowest BCUT2D eigenvalue weighted by atomic mass is 9.91. The minimum Gasteiger partial charge on any atom is -0.619 e. The molecule has 44 heteroatoms. The molecule has 6 aliphatic rings. The van der Waals surface area contributed by atoms with Crippen LogP contribution in [0.3, 0.4) is 0 Å². The summed E-state index contributed by atoms with van der Waals surface area (Å²) in [5.41, 5.74) is 53.9. The summed E-state index contributed by atoms with van der Waals surface area (Å²) in [5, 5.41) is 59.7. The Balaban J connectivity index is 0.000000126. The van der Waals surface area contributed by atoms with Crippen molar-refractivity contribution in [1.82, 2.24) is 123 Å². The van der Waals surface area contributed by atoms with Gasteiger partial charge < -0.3 is 131 Å². The standard InChI is InChI=1S/C23H30N8.C21H30N8O.C20H29N9.C20H28N8O.C19H27N9/c1-13(2)31-12-26-20-21(27-15-10-14(3)16-8-9-25-19(16)11-15)29-23(30-22(20)31)28-18-7-5-4-6-17(18)24;1-14(2)29-13-23-18-19(24-16-10-15(3)11-22-12-16)26-21(27-20(18)29)25-17-6-4-5-7-28(17)8-9-30;1-11(2)29-10-23-17-18(26-16-9-13(21)8-12(3)24-16)27-20(28-19(17)29)25-15-7-5-4-6-14(15)22;1-12(2)28-11-22-17-18(23-14-8-13(3)9-27(29)10-14)25-20(26-19(17)28)24-16-7-5-4-6-15(16)21;1-11(2)28-10-23-16-17(24-13-7-12(20)8-22-9-13)26-19(27-18(16)28)25-15-6-4-3-5-14(15)21/h8-13,17-18,25H,4-7,24H2,1-3H3,(H2,27,28,29,30);10-14,17,30H,4-9H2,1-3H3,(H2,24,25,26,27);8-11,14-15,24H,3-7,21-22H2,1-2H3,(H2,25,26,27,28);8-12,15-16H,4-7,21H2,1-3H3,(H2,23,24,25,26);7-11,14-15H,3-6,20-21H2,1-2H3,(H2,24,25,26,27)/t17-,18-;17-;14-,15-;15-,16-;14-,15-/m01000/s1. The van der Waals surface area contributed by atoms with Crippen molar-refractivity contribution in [3.8, 4) is 0 Å². The van der Waals surface area contributed by atoms with Gasteiger partial charge in [-0.15, -0.1) is 0 Å². The molecule has 21 rings (SSSR count). The number of H-pyrrole nitrogens is 1. The molecule has 778 valence electrons. The Morgan fingerprint density at radius 1 is 0.422 bits per heavy atom. The summed E-state index contributed by atoms with van der Waals surface area (Å²) in [5.74, 6) is 6.58. The van der Waals surface area contributed by atoms with Gasteiger partial charge in [-0.25, -0.2) is 24.9 Å². The summed E-state index contributed by atoms with van der Waals surface area (Å²) in [6, 6.07) is 14.3. The van der Waals surface area contributed by atoms with E-state index in [4.69, 9.17) is 79.3 Å². The molecule has 1 saturated heterocycles. The van der Waals surface area contributed by atoms with Crippen molar-refractivity contribution in [1.29, 1.82) is 0 Å². The Labute approximate surface area is 855 Å². The molecular weight excluding hydrogens is 1860 g/mol. The number of hydrogen-bond donors (Lipinski definition) is 19. The number of aromatic nitrogens is 24. The molecule has 5 fully saturated rings. The van der Waals surface area contributed by atoms with Crippen LogP contribution < -0.4 is 97.6 Å². The predicted octanol–water partition coefficient (Wildman–Crippen LogP) is 15.6. The van der Waals surface area contributed by atoms with Gasteiger partial charge in [-0.1, -0.05) is 57.9 Å². The number of nitrogen functional groups attached to an aromatic ring is 1. The highest BCUT2D eigenvalue weighted by Crippen LogP contribution is 2.37. The van der Waals surface area contributed by atoms with Gasteiger partial charge in [0.15, 0.2) is 91.1 Å². The van der Waals surface area contributed by atoms with Gasteiger partial charge in [-0.3, -0.25) is 14.9 Å². The van der Waals surface area contributed by atoms with E-state index in [0.717, 1.165) is 181 Å². The normalized spacial score (nSPS) is 19.7. The Kier molecular flexibility index (Phi) is 32.9. The van der Waals surface area contributed by atoms with Crippen LogP contribution in [0.2, 0.25) is 0 Å². The van der Waals surface area contributed by atoms with Crippen LogP contribution in [0.5, 0.6) is 0 Å². The number of rotatable bonds is 27. The number of likely N-dealkylation sites (tertiary alicyclic amines) is 1. The molecule has 0 unspecified atom stereocenters. The van der Waals surface area contributed by atoms with Crippen molar-refractivity contribution >= 4 is 154 Å². The largest absolute Gasteiger partial charge is 0.619 e. The third kappa shape index (κ3) is 25.3. The lowest BCUT2D eigenvalue weighted by molar-refractivity contribution is -0.605. The van der Waals surface area contributed by atoms with Crippen LogP contribution in [0.15, 0.2) is 147 Å². The van der Waals surface area contributed by atoms with Gasteiger partial charge in [0.2, 0.25) is 35.9 Å². The summed E-state index contributed by atoms with van der Waals surface area (Å²) in [4.78, 5) is 84.3. The Hall–Kier alpha value is -14.9. The maximum Gasteiger partial charge on any atom is 0.228 e. The summed E-state index contributed by atoms with van der Waals surface area (Å²) in [6.45, 7) is 32.7. The number of fused-ring (bicyclic) bond motifs is 6. The van der Waals surface area contributed by atoms with E-state index in [1.807, 2.05) is 75.4 Å². The number of aliphatic hydroxyl groups excluding tert-OH is 1. The number of aliphatic hydroxyl groups is 1. The Morgan fingerprint density at radius 2 is 0.796 bits per heavy atom. The van der Waals surface area contributed by atoms with Crippen molar-refractivity contribution in [2.45, 2.75) is 297 Å². The van der Waals surface area contributed by atoms with Crippen molar-refractivity contribution in [3.05, 3.63) is 169 Å². The lowest BCUT2D eigenvalue weighted by Crippen LogP contribution is -2.46. The van der Waals surface area contributed by atoms with E-state index < -0.39 is 0 Å². The van der Waals surface area contributed by atoms with Crippen molar-refractivity contribution in [2.24, 2.45) is 28.7 Å². The molecule has 0 radical (unpaired) electrons. The number of anilines is 15. The number of hydrogen-bond acceptors (Lipinski definition) is 37. The van der Waals surface area contributed by atoms with Gasteiger partial charge >= 0.3 is 0 Å². The Bertz CT molecular complexity index is 7100. The minimum atomic E-state index is 0.0886. The van der Waals surface area contributed by atoms with Crippen molar-refractivity contribution < 1.29 is 9.84 Å². The molecule has 0 spiro atoms. The zero-order valence-electron chi connectivity index (χ0n) is 86.4. The van der Waals surface area contributed by atoms with Gasteiger partial charge in [0.1, 0.15) is 11.5 Å². The van der Waals surface area contributed by atoms with Crippen LogP contribution in [0.4, 0.5) is 87.3 Å². The minimum absolute atomic E-state index is 0.0886. The number of benzene rings is 1. The fourth-order valence-corrected chi connectivity index (χ4v) is 19.7. The first-order chi connectivity index (χ1) is 70.8. The molecule has 14 aromatic heterocycles. The lowest BCUT2D eigenvalue weighted by Gasteiger charge is -2.35. The first kappa shape index (κ1) is 104. The van der Waals surface area contributed by atoms with Crippen molar-refractivity contribution in [3.63, 3.8) is 0 Å². The zero-order chi connectivity index (χ0) is 103. The van der Waals surface area contributed by atoms with Crippen LogP contribution in [-0.2, 0) is 0 Å². The molecule has 25 N–H and O–H groups in total. The SMILES string of the molecule is C=C1C=C(N)C=C(Nc2nc(N[C@H]3CCCC[C@@H]3N)nc3c2ncn3C(C)C)N1.CC(C)n1cnc2c(Nc3cncc(N)c3)nc(N[C@H]3CCCC[C@@H]3N)nc21.Cc1cc(Nc2nc(N[C@H]3CCCC[C@@H]3N)nc3c2ncn3C(C)C)c[n+]([O-])c1.Cc1cc(Nc2nc(N[C@H]3CCCC[C@@H]3N)nc3c2ncn3C(C)C)cc2[nH]ccc12.Cc1cncc(Nc2nc(N[C@H]3CCCCN3CCO)nc3c2ncn3C(C)C)c1. The molecule has 16 heterocycles. The molecule has 9 atom stereocenters. The summed E-state index contributed by atoms with van der Waals surface area (Å²) >= 11 is 0. The topological polar surface area (TPSA) is 598 Å². The first-order valence-corrected chi connectivity index (χ1v) is 51.7. The average molecular weight is 2000 g/mol. The fraction of sp³-hybridized carbons (Fsp3) is 0.476. The van der Waals surface area contributed by atoms with E-state index in [2.05, 4.69) is 214 Å².